The molecule has 0 saturated heterocycles. The number of carbonyl (C=O) groups is 4. The zero-order valence-electron chi connectivity index (χ0n) is 43.1. The SMILES string of the molecule is O=NC(=O)CCOCCOCCOCCOCCNC(=O)[C@H](CCCCNC(=O)CCSC(c1ccccc1)(c1ccccc1)c1ccccc1)NC(=O)CCSC(c1ccccc1)(c1ccccc1)c1ccccc1. The van der Waals surface area contributed by atoms with Gasteiger partial charge in [-0.3, -0.25) is 19.2 Å². The van der Waals surface area contributed by atoms with Gasteiger partial charge in [0, 0.05) is 42.6 Å². The molecule has 400 valence electrons. The molecule has 76 heavy (non-hydrogen) atoms. The summed E-state index contributed by atoms with van der Waals surface area (Å²) in [6, 6.07) is 61.5. The van der Waals surface area contributed by atoms with Crippen LogP contribution < -0.4 is 16.0 Å². The van der Waals surface area contributed by atoms with Crippen LogP contribution in [-0.4, -0.2) is 107 Å². The van der Waals surface area contributed by atoms with Crippen molar-refractivity contribution >= 4 is 47.2 Å². The standard InChI is InChI=1S/C61H70N4O9S2/c66-56(35-47-75-60(49-21-7-1-8-22-49,50-23-9-2-10-24-50)51-25-11-3-12-26-51)62-37-20-19-33-55(59(69)63-38-40-72-42-44-74-46-45-73-43-41-71-39-34-58(68)65-70)64-57(67)36-48-76-61(52-27-13-4-14-28-52,53-29-15-5-16-30-53)54-31-17-6-18-32-54/h1-18,21-32,55H,19-20,33-48H2,(H,62,66)(H,63,69)(H,64,67)/t55-/m0/s1. The molecule has 0 fully saturated rings. The lowest BCUT2D eigenvalue weighted by atomic mass is 9.84. The first kappa shape index (κ1) is 58.8. The first-order valence-electron chi connectivity index (χ1n) is 26.0. The third kappa shape index (κ3) is 18.4. The Labute approximate surface area is 456 Å². The number of hydrogen-bond acceptors (Lipinski definition) is 11. The van der Waals surface area contributed by atoms with Crippen molar-refractivity contribution in [3.8, 4) is 0 Å². The van der Waals surface area contributed by atoms with Crippen LogP contribution in [0.1, 0.15) is 71.9 Å². The second kappa shape index (κ2) is 33.5. The number of ether oxygens (including phenoxy) is 4. The minimum absolute atomic E-state index is 0.0458. The fraction of sp³-hybridized carbons (Fsp3) is 0.344. The Kier molecular flexibility index (Phi) is 26.0. The van der Waals surface area contributed by atoms with Crippen molar-refractivity contribution in [2.45, 2.75) is 54.1 Å². The summed E-state index contributed by atoms with van der Waals surface area (Å²) in [6.07, 6.45) is 2.04. The monoisotopic (exact) mass is 1070 g/mol. The molecular weight excluding hydrogens is 997 g/mol. The van der Waals surface area contributed by atoms with Crippen LogP contribution in [0.5, 0.6) is 0 Å². The maximum Gasteiger partial charge on any atom is 0.288 e. The van der Waals surface area contributed by atoms with Gasteiger partial charge in [0.2, 0.25) is 17.7 Å². The van der Waals surface area contributed by atoms with Gasteiger partial charge in [-0.05, 0) is 52.6 Å². The molecule has 0 saturated carbocycles. The molecule has 0 heterocycles. The second-order valence-corrected chi connectivity index (χ2v) is 20.3. The largest absolute Gasteiger partial charge is 0.379 e. The number of amides is 4. The Hall–Kier alpha value is -6.46. The van der Waals surface area contributed by atoms with Gasteiger partial charge >= 0.3 is 0 Å². The molecule has 13 nitrogen and oxygen atoms in total. The van der Waals surface area contributed by atoms with E-state index in [4.69, 9.17) is 18.9 Å². The number of hydrogen-bond donors (Lipinski definition) is 3. The molecule has 6 aromatic rings. The summed E-state index contributed by atoms with van der Waals surface area (Å²) in [7, 11) is 0. The molecule has 0 aliphatic rings. The summed E-state index contributed by atoms with van der Waals surface area (Å²) in [4.78, 5) is 62.0. The van der Waals surface area contributed by atoms with Gasteiger partial charge in [0.05, 0.1) is 68.8 Å². The third-order valence-corrected chi connectivity index (χ3v) is 15.6. The number of thioether (sulfide) groups is 2. The maximum atomic E-state index is 13.9. The van der Waals surface area contributed by atoms with E-state index in [-0.39, 0.29) is 56.9 Å². The van der Waals surface area contributed by atoms with E-state index in [0.717, 1.165) is 33.4 Å². The van der Waals surface area contributed by atoms with Crippen molar-refractivity contribution in [2.24, 2.45) is 5.18 Å². The van der Waals surface area contributed by atoms with Crippen molar-refractivity contribution in [1.82, 2.24) is 16.0 Å². The van der Waals surface area contributed by atoms with Gasteiger partial charge in [-0.25, -0.2) is 0 Å². The molecule has 6 rings (SSSR count). The van der Waals surface area contributed by atoms with Crippen molar-refractivity contribution < 1.29 is 38.1 Å². The number of carbonyl (C=O) groups excluding carboxylic acids is 4. The maximum absolute atomic E-state index is 13.9. The minimum atomic E-state index is -0.793. The molecule has 0 unspecified atom stereocenters. The predicted molar refractivity (Wildman–Crippen MR) is 303 cm³/mol. The highest BCUT2D eigenvalue weighted by molar-refractivity contribution is 8.00. The molecule has 0 aliphatic heterocycles. The Morgan fingerprint density at radius 1 is 0.421 bits per heavy atom. The highest BCUT2D eigenvalue weighted by Crippen LogP contribution is 2.50. The zero-order chi connectivity index (χ0) is 53.4. The number of nitrogens with zero attached hydrogens (tertiary/aromatic N) is 1. The Morgan fingerprint density at radius 3 is 1.16 bits per heavy atom. The summed E-state index contributed by atoms with van der Waals surface area (Å²) < 4.78 is 20.8. The van der Waals surface area contributed by atoms with Crippen LogP contribution in [-0.2, 0) is 47.6 Å². The Bertz CT molecular complexity index is 2410. The molecule has 1 atom stereocenters. The van der Waals surface area contributed by atoms with Gasteiger partial charge in [-0.1, -0.05) is 182 Å². The molecule has 0 aromatic heterocycles. The van der Waals surface area contributed by atoms with Crippen LogP contribution in [0.3, 0.4) is 0 Å². The third-order valence-electron chi connectivity index (χ3n) is 12.5. The lowest BCUT2D eigenvalue weighted by Crippen LogP contribution is -2.47. The van der Waals surface area contributed by atoms with Gasteiger partial charge in [0.15, 0.2) is 0 Å². The van der Waals surface area contributed by atoms with Gasteiger partial charge in [-0.15, -0.1) is 28.4 Å². The van der Waals surface area contributed by atoms with Crippen LogP contribution in [0.25, 0.3) is 0 Å². The van der Waals surface area contributed by atoms with E-state index < -0.39 is 21.4 Å². The van der Waals surface area contributed by atoms with Gasteiger partial charge in [0.1, 0.15) is 6.04 Å². The van der Waals surface area contributed by atoms with E-state index in [0.29, 0.717) is 76.8 Å². The van der Waals surface area contributed by atoms with E-state index in [9.17, 15) is 24.1 Å². The van der Waals surface area contributed by atoms with Crippen molar-refractivity contribution in [2.75, 3.05) is 77.5 Å². The lowest BCUT2D eigenvalue weighted by Gasteiger charge is -2.35. The average molecular weight is 1070 g/mol. The molecule has 4 amide bonds. The predicted octanol–water partition coefficient (Wildman–Crippen LogP) is 9.85. The molecule has 0 aliphatic carbocycles. The summed E-state index contributed by atoms with van der Waals surface area (Å²) in [6.45, 7) is 2.97. The van der Waals surface area contributed by atoms with Crippen molar-refractivity contribution in [1.29, 1.82) is 0 Å². The second-order valence-electron chi connectivity index (χ2n) is 17.7. The highest BCUT2D eigenvalue weighted by atomic mass is 32.2. The molecule has 0 bridgehead atoms. The summed E-state index contributed by atoms with van der Waals surface area (Å²) in [5.41, 5.74) is 6.73. The Balaban J connectivity index is 0.998. The zero-order valence-corrected chi connectivity index (χ0v) is 44.7. The van der Waals surface area contributed by atoms with E-state index in [1.165, 1.54) is 0 Å². The van der Waals surface area contributed by atoms with E-state index in [1.807, 2.05) is 72.8 Å². The molecular formula is C61H70N4O9S2. The number of nitrogens with one attached hydrogen (secondary N) is 3. The minimum Gasteiger partial charge on any atom is -0.379 e. The van der Waals surface area contributed by atoms with Crippen LogP contribution in [0, 0.1) is 4.91 Å². The fourth-order valence-electron chi connectivity index (χ4n) is 8.79. The number of rotatable bonds is 36. The summed E-state index contributed by atoms with van der Waals surface area (Å²) in [5, 5.41) is 11.4. The molecule has 15 heteroatoms. The quantitative estimate of drug-likeness (QED) is 0.0194. The van der Waals surface area contributed by atoms with Gasteiger partial charge < -0.3 is 34.9 Å². The normalized spacial score (nSPS) is 11.8. The summed E-state index contributed by atoms with van der Waals surface area (Å²) in [5.74, 6) is -0.263. The smallest absolute Gasteiger partial charge is 0.288 e. The molecule has 0 radical (unpaired) electrons. The van der Waals surface area contributed by atoms with Crippen LogP contribution in [0.2, 0.25) is 0 Å². The van der Waals surface area contributed by atoms with Crippen LogP contribution in [0.4, 0.5) is 0 Å². The number of nitroso groups, excluding NO2 is 1. The number of benzene rings is 6. The lowest BCUT2D eigenvalue weighted by molar-refractivity contribution is -0.129. The van der Waals surface area contributed by atoms with E-state index in [2.05, 4.69) is 130 Å². The van der Waals surface area contributed by atoms with Crippen molar-refractivity contribution in [3.05, 3.63) is 220 Å². The first-order chi connectivity index (χ1) is 37.4. The highest BCUT2D eigenvalue weighted by Gasteiger charge is 2.38. The molecule has 6 aromatic carbocycles. The molecule has 0 spiro atoms. The fourth-order valence-corrected chi connectivity index (χ4v) is 11.8. The van der Waals surface area contributed by atoms with E-state index >= 15 is 0 Å². The van der Waals surface area contributed by atoms with Crippen LogP contribution >= 0.6 is 23.5 Å². The summed E-state index contributed by atoms with van der Waals surface area (Å²) >= 11 is 3.44. The van der Waals surface area contributed by atoms with Gasteiger partial charge in [0.25, 0.3) is 5.91 Å². The topological polar surface area (TPSA) is 171 Å². The first-order valence-corrected chi connectivity index (χ1v) is 28.0. The van der Waals surface area contributed by atoms with Crippen molar-refractivity contribution in [3.63, 3.8) is 0 Å². The molecule has 3 N–H and O–H groups in total. The van der Waals surface area contributed by atoms with Crippen LogP contribution in [0.15, 0.2) is 187 Å². The van der Waals surface area contributed by atoms with Gasteiger partial charge in [-0.2, -0.15) is 0 Å². The Morgan fingerprint density at radius 2 is 0.776 bits per heavy atom. The van der Waals surface area contributed by atoms with E-state index in [1.54, 1.807) is 23.5 Å². The number of unbranched alkanes of at least 4 members (excludes halogenated alkanes) is 1. The average Bonchev–Trinajstić information content (AvgIpc) is 3.49.